The van der Waals surface area contributed by atoms with E-state index >= 15 is 0 Å². The number of carboxylic acid groups (broad SMARTS) is 1. The highest BCUT2D eigenvalue weighted by molar-refractivity contribution is 5.77. The minimum absolute atomic E-state index is 0.449. The lowest BCUT2D eigenvalue weighted by molar-refractivity contribution is -0.152. The molecule has 17 heavy (non-hydrogen) atoms. The molecule has 1 N–H and O–H groups in total. The number of aliphatic carboxylic acids is 1. The Hall–Kier alpha value is -0.570. The first-order valence-corrected chi connectivity index (χ1v) is 6.95. The topological polar surface area (TPSA) is 40.5 Å². The lowest BCUT2D eigenvalue weighted by atomic mass is 9.80. The van der Waals surface area contributed by atoms with Gasteiger partial charge in [-0.3, -0.25) is 9.69 Å². The second-order valence-corrected chi connectivity index (χ2v) is 5.67. The Morgan fingerprint density at radius 3 is 2.35 bits per heavy atom. The summed E-state index contributed by atoms with van der Waals surface area (Å²) in [7, 11) is 0. The van der Waals surface area contributed by atoms with Crippen molar-refractivity contribution in [3.8, 4) is 0 Å². The molecule has 0 saturated heterocycles. The normalized spacial score (nSPS) is 26.2. The first-order chi connectivity index (χ1) is 7.95. The largest absolute Gasteiger partial charge is 0.480 e. The highest BCUT2D eigenvalue weighted by Crippen LogP contribution is 2.34. The summed E-state index contributed by atoms with van der Waals surface area (Å²) in [5.74, 6) is -0.0397. The van der Waals surface area contributed by atoms with Crippen LogP contribution < -0.4 is 0 Å². The molecule has 0 radical (unpaired) electrons. The molecule has 3 heteroatoms. The fourth-order valence-electron chi connectivity index (χ4n) is 3.24. The predicted octanol–water partition coefficient (Wildman–Crippen LogP) is 3.14. The van der Waals surface area contributed by atoms with Crippen LogP contribution in [0.15, 0.2) is 0 Å². The van der Waals surface area contributed by atoms with Crippen LogP contribution in [-0.4, -0.2) is 34.1 Å². The molecule has 100 valence electrons. The fourth-order valence-corrected chi connectivity index (χ4v) is 3.24. The molecule has 3 nitrogen and oxygen atoms in total. The Morgan fingerprint density at radius 1 is 1.29 bits per heavy atom. The Morgan fingerprint density at radius 2 is 1.88 bits per heavy atom. The highest BCUT2D eigenvalue weighted by atomic mass is 16.4. The molecule has 0 aromatic heterocycles. The van der Waals surface area contributed by atoms with E-state index in [4.69, 9.17) is 0 Å². The minimum atomic E-state index is -0.746. The molecule has 0 heterocycles. The highest BCUT2D eigenvalue weighted by Gasteiger charge is 2.40. The van der Waals surface area contributed by atoms with Crippen LogP contribution in [0.4, 0.5) is 0 Å². The number of hydrogen-bond acceptors (Lipinski definition) is 2. The van der Waals surface area contributed by atoms with Gasteiger partial charge in [0.1, 0.15) is 5.54 Å². The molecule has 1 rings (SSSR count). The van der Waals surface area contributed by atoms with Gasteiger partial charge in [-0.15, -0.1) is 0 Å². The van der Waals surface area contributed by atoms with Gasteiger partial charge < -0.3 is 5.11 Å². The molecule has 0 aromatic carbocycles. The number of nitrogens with zero attached hydrogens (tertiary/aromatic N) is 1. The quantitative estimate of drug-likeness (QED) is 0.804. The average Bonchev–Trinajstić information content (AvgIpc) is 2.30. The van der Waals surface area contributed by atoms with Crippen molar-refractivity contribution in [3.63, 3.8) is 0 Å². The molecular formula is C14H27NO2. The first-order valence-electron chi connectivity index (χ1n) is 6.95. The van der Waals surface area contributed by atoms with E-state index in [1.165, 1.54) is 19.3 Å². The van der Waals surface area contributed by atoms with Crippen LogP contribution in [0.2, 0.25) is 0 Å². The van der Waals surface area contributed by atoms with Gasteiger partial charge in [-0.1, -0.05) is 33.1 Å². The van der Waals surface area contributed by atoms with E-state index in [9.17, 15) is 9.90 Å². The standard InChI is InChI=1S/C14H27NO2/c1-5-11-9-7-8-10-12(11)15(6-2)14(3,4)13(16)17/h11-12H,5-10H2,1-4H3,(H,16,17). The summed E-state index contributed by atoms with van der Waals surface area (Å²) in [5.41, 5.74) is -0.746. The van der Waals surface area contributed by atoms with E-state index in [1.807, 2.05) is 13.8 Å². The molecule has 1 saturated carbocycles. The molecule has 2 unspecified atom stereocenters. The summed E-state index contributed by atoms with van der Waals surface area (Å²) in [6, 6.07) is 0.449. The smallest absolute Gasteiger partial charge is 0.323 e. The lowest BCUT2D eigenvalue weighted by Crippen LogP contribution is -2.57. The third-order valence-corrected chi connectivity index (χ3v) is 4.38. The Labute approximate surface area is 105 Å². The van der Waals surface area contributed by atoms with Gasteiger partial charge >= 0.3 is 5.97 Å². The summed E-state index contributed by atoms with van der Waals surface area (Å²) >= 11 is 0. The molecule has 1 aliphatic rings. The van der Waals surface area contributed by atoms with E-state index in [0.717, 1.165) is 19.4 Å². The maximum atomic E-state index is 11.4. The van der Waals surface area contributed by atoms with E-state index < -0.39 is 11.5 Å². The molecule has 0 bridgehead atoms. The molecule has 0 amide bonds. The van der Waals surface area contributed by atoms with Crippen molar-refractivity contribution in [2.45, 2.75) is 71.4 Å². The van der Waals surface area contributed by atoms with Gasteiger partial charge in [0.15, 0.2) is 0 Å². The zero-order valence-corrected chi connectivity index (χ0v) is 11.7. The van der Waals surface area contributed by atoms with Crippen LogP contribution in [-0.2, 0) is 4.79 Å². The van der Waals surface area contributed by atoms with Crippen LogP contribution in [0, 0.1) is 5.92 Å². The van der Waals surface area contributed by atoms with Crippen LogP contribution in [0.3, 0.4) is 0 Å². The van der Waals surface area contributed by atoms with Crippen molar-refractivity contribution in [2.24, 2.45) is 5.92 Å². The minimum Gasteiger partial charge on any atom is -0.480 e. The summed E-state index contributed by atoms with van der Waals surface area (Å²) in [6.45, 7) is 8.79. The van der Waals surface area contributed by atoms with Crippen LogP contribution >= 0.6 is 0 Å². The van der Waals surface area contributed by atoms with E-state index in [0.29, 0.717) is 12.0 Å². The van der Waals surface area contributed by atoms with Crippen molar-refractivity contribution in [1.29, 1.82) is 0 Å². The van der Waals surface area contributed by atoms with Gasteiger partial charge in [-0.25, -0.2) is 0 Å². The average molecular weight is 241 g/mol. The molecular weight excluding hydrogens is 214 g/mol. The first kappa shape index (κ1) is 14.5. The van der Waals surface area contributed by atoms with E-state index in [-0.39, 0.29) is 0 Å². The molecule has 0 spiro atoms. The molecule has 1 fully saturated rings. The summed E-state index contributed by atoms with van der Waals surface area (Å²) in [4.78, 5) is 13.6. The van der Waals surface area contributed by atoms with Crippen molar-refractivity contribution in [3.05, 3.63) is 0 Å². The summed E-state index contributed by atoms with van der Waals surface area (Å²) in [6.07, 6.45) is 6.13. The lowest BCUT2D eigenvalue weighted by Gasteiger charge is -2.45. The van der Waals surface area contributed by atoms with Gasteiger partial charge in [0.25, 0.3) is 0 Å². The number of rotatable bonds is 5. The van der Waals surface area contributed by atoms with Crippen LogP contribution in [0.25, 0.3) is 0 Å². The maximum absolute atomic E-state index is 11.4. The van der Waals surface area contributed by atoms with Gasteiger partial charge in [0, 0.05) is 6.04 Å². The Kier molecular flexibility index (Phi) is 4.99. The zero-order valence-electron chi connectivity index (χ0n) is 11.7. The Balaban J connectivity index is 2.88. The summed E-state index contributed by atoms with van der Waals surface area (Å²) < 4.78 is 0. The van der Waals surface area contributed by atoms with Crippen molar-refractivity contribution in [1.82, 2.24) is 4.90 Å². The van der Waals surface area contributed by atoms with E-state index in [1.54, 1.807) is 0 Å². The molecule has 2 atom stereocenters. The van der Waals surface area contributed by atoms with Crippen molar-refractivity contribution >= 4 is 5.97 Å². The second kappa shape index (κ2) is 5.85. The third-order valence-electron chi connectivity index (χ3n) is 4.38. The third kappa shape index (κ3) is 3.01. The van der Waals surface area contributed by atoms with Gasteiger partial charge in [0.2, 0.25) is 0 Å². The Bertz CT molecular complexity index is 263. The fraction of sp³-hybridized carbons (Fsp3) is 0.929. The van der Waals surface area contributed by atoms with Crippen LogP contribution in [0.1, 0.15) is 59.8 Å². The molecule has 0 aromatic rings. The number of likely N-dealkylation sites (N-methyl/N-ethyl adjacent to an activating group) is 1. The molecule has 0 aliphatic heterocycles. The SMILES string of the molecule is CCC1CCCCC1N(CC)C(C)(C)C(=O)O. The van der Waals surface area contributed by atoms with Crippen LogP contribution in [0.5, 0.6) is 0 Å². The monoisotopic (exact) mass is 241 g/mol. The van der Waals surface area contributed by atoms with Gasteiger partial charge in [-0.05, 0) is 39.2 Å². The maximum Gasteiger partial charge on any atom is 0.323 e. The second-order valence-electron chi connectivity index (χ2n) is 5.67. The zero-order chi connectivity index (χ0) is 13.1. The van der Waals surface area contributed by atoms with Gasteiger partial charge in [0.05, 0.1) is 0 Å². The number of carboxylic acids is 1. The summed E-state index contributed by atoms with van der Waals surface area (Å²) in [5, 5.41) is 9.39. The number of carbonyl (C=O) groups is 1. The van der Waals surface area contributed by atoms with E-state index in [2.05, 4.69) is 18.7 Å². The molecule has 1 aliphatic carbocycles. The van der Waals surface area contributed by atoms with Crippen molar-refractivity contribution in [2.75, 3.05) is 6.54 Å². The number of hydrogen-bond donors (Lipinski definition) is 1. The predicted molar refractivity (Wildman–Crippen MR) is 70.1 cm³/mol. The van der Waals surface area contributed by atoms with Gasteiger partial charge in [-0.2, -0.15) is 0 Å². The van der Waals surface area contributed by atoms with Crippen molar-refractivity contribution < 1.29 is 9.90 Å².